The molecule has 0 bridgehead atoms. The molecule has 0 aromatic heterocycles. The molecule has 2 aliphatic rings. The summed E-state index contributed by atoms with van der Waals surface area (Å²) in [7, 11) is 0. The minimum atomic E-state index is -4.66. The van der Waals surface area contributed by atoms with Crippen molar-refractivity contribution in [3.05, 3.63) is 68.7 Å². The fourth-order valence-electron chi connectivity index (χ4n) is 5.05. The molecule has 4 rings (SSSR count). The van der Waals surface area contributed by atoms with Gasteiger partial charge in [-0.05, 0) is 48.1 Å². The number of benzene rings is 2. The number of alkyl halides is 3. The Morgan fingerprint density at radius 1 is 1.09 bits per heavy atom. The Balaban J connectivity index is 1.51. The number of carbonyl (C=O) groups is 2. The van der Waals surface area contributed by atoms with Crippen LogP contribution in [-0.4, -0.2) is 59.0 Å². The van der Waals surface area contributed by atoms with Gasteiger partial charge in [0, 0.05) is 31.2 Å². The van der Waals surface area contributed by atoms with Gasteiger partial charge >= 0.3 is 6.18 Å². The summed E-state index contributed by atoms with van der Waals surface area (Å²) in [5.41, 5.74) is 5.68. The summed E-state index contributed by atoms with van der Waals surface area (Å²) in [5, 5.41) is 10.5. The first-order valence-electron chi connectivity index (χ1n) is 11.0. The van der Waals surface area contributed by atoms with Crippen molar-refractivity contribution in [1.29, 1.82) is 0 Å². The van der Waals surface area contributed by atoms with E-state index in [1.54, 1.807) is 18.2 Å². The van der Waals surface area contributed by atoms with Crippen LogP contribution in [0.3, 0.4) is 0 Å². The first-order valence-corrected chi connectivity index (χ1v) is 11.8. The lowest BCUT2D eigenvalue weighted by Gasteiger charge is -2.32. The number of nitrogens with two attached hydrogens (primary N) is 1. The van der Waals surface area contributed by atoms with Crippen molar-refractivity contribution in [2.45, 2.75) is 25.2 Å². The van der Waals surface area contributed by atoms with Crippen LogP contribution in [0.15, 0.2) is 36.4 Å². The molecule has 2 fully saturated rings. The molecule has 4 atom stereocenters. The zero-order chi connectivity index (χ0) is 25.7. The van der Waals surface area contributed by atoms with Gasteiger partial charge < -0.3 is 15.7 Å². The molecule has 0 spiro atoms. The number of amides is 2. The Kier molecular flexibility index (Phi) is 7.07. The number of primary amides is 1. The van der Waals surface area contributed by atoms with E-state index in [-0.39, 0.29) is 17.4 Å². The average Bonchev–Trinajstić information content (AvgIpc) is 3.34. The summed E-state index contributed by atoms with van der Waals surface area (Å²) in [5.74, 6) is -1.40. The van der Waals surface area contributed by atoms with E-state index < -0.39 is 40.7 Å². The maximum absolute atomic E-state index is 13.2. The molecule has 0 saturated carbocycles. The van der Waals surface area contributed by atoms with Crippen molar-refractivity contribution in [2.24, 2.45) is 17.6 Å². The molecular weight excluding hydrogens is 506 g/mol. The summed E-state index contributed by atoms with van der Waals surface area (Å²) in [6.07, 6.45) is -6.13. The van der Waals surface area contributed by atoms with Crippen LogP contribution in [0.5, 0.6) is 0 Å². The Morgan fingerprint density at radius 3 is 2.26 bits per heavy atom. The lowest BCUT2D eigenvalue weighted by atomic mass is 9.98. The van der Waals surface area contributed by atoms with Gasteiger partial charge in [0.25, 0.3) is 5.91 Å². The molecule has 3 N–H and O–H groups in total. The number of hydrogen-bond acceptors (Lipinski definition) is 4. The number of rotatable bonds is 5. The summed E-state index contributed by atoms with van der Waals surface area (Å²) in [4.78, 5) is 28.4. The SMILES string of the molecule is Cc1ccc(C(C(O)C(N)=O)N2CC3CN(C(=O)c4cccc(C(F)(F)F)c4Cl)CC3C2)cc1Cl. The van der Waals surface area contributed by atoms with Gasteiger partial charge in [-0.3, -0.25) is 14.5 Å². The minimum absolute atomic E-state index is 0.00650. The van der Waals surface area contributed by atoms with Gasteiger partial charge in [0.1, 0.15) is 0 Å². The Hall–Kier alpha value is -2.33. The van der Waals surface area contributed by atoms with Crippen LogP contribution in [0.1, 0.15) is 33.1 Å². The van der Waals surface area contributed by atoms with E-state index in [0.717, 1.165) is 11.6 Å². The van der Waals surface area contributed by atoms with Crippen LogP contribution in [0.2, 0.25) is 10.0 Å². The fourth-order valence-corrected chi connectivity index (χ4v) is 5.55. The highest BCUT2D eigenvalue weighted by molar-refractivity contribution is 6.34. The molecular formula is C24H24Cl2F3N3O3. The van der Waals surface area contributed by atoms with Gasteiger partial charge in [-0.2, -0.15) is 13.2 Å². The second kappa shape index (κ2) is 9.61. The summed E-state index contributed by atoms with van der Waals surface area (Å²) >= 11 is 12.2. The number of hydrogen-bond donors (Lipinski definition) is 2. The number of carbonyl (C=O) groups excluding carboxylic acids is 2. The number of fused-ring (bicyclic) bond motifs is 1. The molecule has 0 radical (unpaired) electrons. The van der Waals surface area contributed by atoms with Gasteiger partial charge in [0.15, 0.2) is 6.10 Å². The average molecular weight is 530 g/mol. The van der Waals surface area contributed by atoms with E-state index in [1.807, 2.05) is 11.8 Å². The van der Waals surface area contributed by atoms with Gasteiger partial charge in [-0.15, -0.1) is 0 Å². The highest BCUT2D eigenvalue weighted by Crippen LogP contribution is 2.40. The van der Waals surface area contributed by atoms with Crippen molar-refractivity contribution < 1.29 is 27.9 Å². The number of halogens is 5. The van der Waals surface area contributed by atoms with Gasteiger partial charge in [0.2, 0.25) is 5.91 Å². The van der Waals surface area contributed by atoms with Crippen LogP contribution in [0, 0.1) is 18.8 Å². The largest absolute Gasteiger partial charge is 0.417 e. The zero-order valence-corrected chi connectivity index (χ0v) is 20.2. The summed E-state index contributed by atoms with van der Waals surface area (Å²) < 4.78 is 39.6. The second-order valence-electron chi connectivity index (χ2n) is 9.15. The lowest BCUT2D eigenvalue weighted by molar-refractivity contribution is -0.137. The van der Waals surface area contributed by atoms with E-state index in [9.17, 15) is 27.9 Å². The topological polar surface area (TPSA) is 86.9 Å². The molecule has 188 valence electrons. The molecule has 35 heavy (non-hydrogen) atoms. The quantitative estimate of drug-likeness (QED) is 0.614. The Morgan fingerprint density at radius 2 is 1.71 bits per heavy atom. The first kappa shape index (κ1) is 25.8. The van der Waals surface area contributed by atoms with Crippen molar-refractivity contribution in [3.8, 4) is 0 Å². The number of likely N-dealkylation sites (tertiary alicyclic amines) is 2. The zero-order valence-electron chi connectivity index (χ0n) is 18.7. The van der Waals surface area contributed by atoms with Crippen molar-refractivity contribution in [2.75, 3.05) is 26.2 Å². The molecule has 2 aliphatic heterocycles. The number of nitrogens with zero attached hydrogens (tertiary/aromatic N) is 2. The van der Waals surface area contributed by atoms with Crippen LogP contribution in [0.4, 0.5) is 13.2 Å². The first-order chi connectivity index (χ1) is 16.4. The van der Waals surface area contributed by atoms with Crippen molar-refractivity contribution >= 4 is 35.0 Å². The molecule has 2 heterocycles. The maximum atomic E-state index is 13.2. The molecule has 2 aromatic rings. The van der Waals surface area contributed by atoms with Crippen LogP contribution < -0.4 is 5.73 Å². The van der Waals surface area contributed by atoms with Gasteiger partial charge in [0.05, 0.1) is 22.2 Å². The van der Waals surface area contributed by atoms with E-state index in [0.29, 0.717) is 36.8 Å². The van der Waals surface area contributed by atoms with Crippen LogP contribution in [-0.2, 0) is 11.0 Å². The fraction of sp³-hybridized carbons (Fsp3) is 0.417. The predicted octanol–water partition coefficient (Wildman–Crippen LogP) is 3.91. The standard InChI is InChI=1S/C24H24Cl2F3N3O3/c1-12-5-6-13(7-18(12)25)20(21(33)22(30)34)31-8-14-10-32(11-15(14)9-31)23(35)16-3-2-4-17(19(16)26)24(27,28)29/h2-7,14-15,20-21,33H,8-11H2,1H3,(H2,30,34). The van der Waals surface area contributed by atoms with E-state index in [1.165, 1.54) is 17.0 Å². The Bertz CT molecular complexity index is 1150. The second-order valence-corrected chi connectivity index (χ2v) is 9.93. The summed E-state index contributed by atoms with van der Waals surface area (Å²) in [6, 6.07) is 7.89. The highest BCUT2D eigenvalue weighted by Gasteiger charge is 2.46. The highest BCUT2D eigenvalue weighted by atomic mass is 35.5. The van der Waals surface area contributed by atoms with Gasteiger partial charge in [-0.1, -0.05) is 41.4 Å². The molecule has 2 aromatic carbocycles. The molecule has 2 saturated heterocycles. The van der Waals surface area contributed by atoms with E-state index in [2.05, 4.69) is 0 Å². The smallest absolute Gasteiger partial charge is 0.381 e. The third-order valence-corrected chi connectivity index (χ3v) is 7.67. The third kappa shape index (κ3) is 5.00. The maximum Gasteiger partial charge on any atom is 0.417 e. The van der Waals surface area contributed by atoms with Crippen LogP contribution >= 0.6 is 23.2 Å². The van der Waals surface area contributed by atoms with Gasteiger partial charge in [-0.25, -0.2) is 0 Å². The van der Waals surface area contributed by atoms with Crippen molar-refractivity contribution in [1.82, 2.24) is 9.80 Å². The number of aliphatic hydroxyl groups excluding tert-OH is 1. The molecule has 0 aliphatic carbocycles. The molecule has 11 heteroatoms. The minimum Gasteiger partial charge on any atom is -0.381 e. The third-order valence-electron chi connectivity index (χ3n) is 6.86. The van der Waals surface area contributed by atoms with E-state index in [4.69, 9.17) is 28.9 Å². The normalized spacial score (nSPS) is 22.2. The van der Waals surface area contributed by atoms with E-state index >= 15 is 0 Å². The Labute approximate surface area is 210 Å². The monoisotopic (exact) mass is 529 g/mol. The summed E-state index contributed by atoms with van der Waals surface area (Å²) in [6.45, 7) is 3.41. The van der Waals surface area contributed by atoms with Crippen LogP contribution in [0.25, 0.3) is 0 Å². The number of aliphatic hydroxyl groups is 1. The molecule has 6 nitrogen and oxygen atoms in total. The molecule has 4 unspecified atom stereocenters. The number of aryl methyl sites for hydroxylation is 1. The lowest BCUT2D eigenvalue weighted by Crippen LogP contribution is -2.44. The molecule has 2 amide bonds. The van der Waals surface area contributed by atoms with Crippen molar-refractivity contribution in [3.63, 3.8) is 0 Å². The predicted molar refractivity (Wildman–Crippen MR) is 125 cm³/mol.